The summed E-state index contributed by atoms with van der Waals surface area (Å²) in [5.41, 5.74) is 0. The minimum Gasteiger partial charge on any atom is -0.465 e. The molecule has 8 heteroatoms. The molecule has 2 aromatic heterocycles. The summed E-state index contributed by atoms with van der Waals surface area (Å²) in [5.74, 6) is 4.95. The molecule has 2 fully saturated rings. The first-order valence-electron chi connectivity index (χ1n) is 11.5. The third kappa shape index (κ3) is 5.67. The van der Waals surface area contributed by atoms with Crippen LogP contribution in [-0.4, -0.2) is 40.8 Å². The molecule has 2 aliphatic rings. The maximum absolute atomic E-state index is 5.61. The first-order chi connectivity index (χ1) is 15.0. The Morgan fingerprint density at radius 3 is 2.71 bits per heavy atom. The summed E-state index contributed by atoms with van der Waals surface area (Å²) in [6, 6.07) is 6.55. The van der Waals surface area contributed by atoms with E-state index in [4.69, 9.17) is 26.6 Å². The lowest BCUT2D eigenvalue weighted by Gasteiger charge is -2.36. The van der Waals surface area contributed by atoms with Gasteiger partial charge in [-0.15, -0.1) is 0 Å². The lowest BCUT2D eigenvalue weighted by Crippen LogP contribution is -2.39. The van der Waals surface area contributed by atoms with E-state index in [0.717, 1.165) is 42.8 Å². The normalized spacial score (nSPS) is 21.8. The Morgan fingerprint density at radius 2 is 1.97 bits per heavy atom. The van der Waals surface area contributed by atoms with Gasteiger partial charge in [0.2, 0.25) is 5.95 Å². The fourth-order valence-corrected chi connectivity index (χ4v) is 4.68. The van der Waals surface area contributed by atoms with Gasteiger partial charge in [0.1, 0.15) is 23.2 Å². The van der Waals surface area contributed by atoms with E-state index < -0.39 is 0 Å². The first kappa shape index (κ1) is 21.9. The van der Waals surface area contributed by atoms with Crippen LogP contribution in [0, 0.1) is 12.8 Å². The van der Waals surface area contributed by atoms with E-state index >= 15 is 0 Å². The molecule has 2 saturated heterocycles. The Morgan fingerprint density at radius 1 is 1.13 bits per heavy atom. The highest BCUT2D eigenvalue weighted by Gasteiger charge is 2.24. The van der Waals surface area contributed by atoms with E-state index in [1.165, 1.54) is 32.1 Å². The molecule has 2 atom stereocenters. The fourth-order valence-electron chi connectivity index (χ4n) is 4.52. The first-order valence-corrected chi connectivity index (χ1v) is 11.9. The molecule has 168 valence electrons. The van der Waals surface area contributed by atoms with Crippen molar-refractivity contribution in [1.29, 1.82) is 0 Å². The lowest BCUT2D eigenvalue weighted by molar-refractivity contribution is 0.444. The zero-order valence-electron chi connectivity index (χ0n) is 18.9. The third-order valence-corrected chi connectivity index (χ3v) is 6.47. The molecule has 4 rings (SSSR count). The number of aryl methyl sites for hydroxylation is 1. The molecule has 0 amide bonds. The largest absolute Gasteiger partial charge is 0.465 e. The van der Waals surface area contributed by atoms with Crippen molar-refractivity contribution in [2.45, 2.75) is 65.5 Å². The highest BCUT2D eigenvalue weighted by atomic mass is 32.1. The second-order valence-corrected chi connectivity index (χ2v) is 9.37. The minimum absolute atomic E-state index is 0.483. The number of rotatable bonds is 5. The fraction of sp³-hybridized carbons (Fsp3) is 0.609. The van der Waals surface area contributed by atoms with Gasteiger partial charge < -0.3 is 24.9 Å². The molecule has 2 aliphatic heterocycles. The van der Waals surface area contributed by atoms with E-state index in [0.29, 0.717) is 29.6 Å². The van der Waals surface area contributed by atoms with E-state index in [-0.39, 0.29) is 0 Å². The summed E-state index contributed by atoms with van der Waals surface area (Å²) in [6.07, 6.45) is 6.17. The van der Waals surface area contributed by atoms with Crippen LogP contribution in [0.15, 0.2) is 22.6 Å². The summed E-state index contributed by atoms with van der Waals surface area (Å²) in [7, 11) is 0. The molecule has 0 spiro atoms. The summed E-state index contributed by atoms with van der Waals surface area (Å²) in [6.45, 7) is 10.2. The van der Waals surface area contributed by atoms with Crippen LogP contribution < -0.4 is 20.4 Å². The van der Waals surface area contributed by atoms with Crippen LogP contribution in [0.5, 0.6) is 0 Å². The van der Waals surface area contributed by atoms with Gasteiger partial charge in [0.25, 0.3) is 0 Å². The van der Waals surface area contributed by atoms with Gasteiger partial charge in [0.15, 0.2) is 5.11 Å². The smallest absolute Gasteiger partial charge is 0.232 e. The van der Waals surface area contributed by atoms with E-state index in [9.17, 15) is 0 Å². The molecule has 7 nitrogen and oxygen atoms in total. The van der Waals surface area contributed by atoms with Gasteiger partial charge in [0, 0.05) is 31.7 Å². The summed E-state index contributed by atoms with van der Waals surface area (Å²) >= 11 is 5.51. The molecule has 0 aromatic carbocycles. The molecule has 2 unspecified atom stereocenters. The molecule has 0 bridgehead atoms. The van der Waals surface area contributed by atoms with Crippen molar-refractivity contribution in [3.63, 3.8) is 0 Å². The molecule has 0 radical (unpaired) electrons. The van der Waals surface area contributed by atoms with Crippen molar-refractivity contribution < 1.29 is 4.42 Å². The number of aromatic nitrogens is 2. The maximum atomic E-state index is 5.61. The molecule has 0 saturated carbocycles. The zero-order valence-corrected chi connectivity index (χ0v) is 19.7. The molecule has 2 N–H and O–H groups in total. The minimum atomic E-state index is 0.483. The van der Waals surface area contributed by atoms with Crippen LogP contribution in [0.25, 0.3) is 0 Å². The number of piperidine rings is 2. The Bertz CT molecular complexity index is 900. The summed E-state index contributed by atoms with van der Waals surface area (Å²) in [4.78, 5) is 14.5. The average molecular weight is 443 g/mol. The van der Waals surface area contributed by atoms with Crippen LogP contribution in [0.3, 0.4) is 0 Å². The van der Waals surface area contributed by atoms with Gasteiger partial charge in [-0.25, -0.2) is 0 Å². The van der Waals surface area contributed by atoms with Gasteiger partial charge in [-0.3, -0.25) is 0 Å². The predicted octanol–water partition coefficient (Wildman–Crippen LogP) is 4.48. The van der Waals surface area contributed by atoms with Gasteiger partial charge >= 0.3 is 0 Å². The van der Waals surface area contributed by atoms with Gasteiger partial charge in [-0.2, -0.15) is 9.97 Å². The van der Waals surface area contributed by atoms with Crippen molar-refractivity contribution >= 4 is 34.9 Å². The van der Waals surface area contributed by atoms with Gasteiger partial charge in [-0.05, 0) is 76.2 Å². The molecular weight excluding hydrogens is 408 g/mol. The quantitative estimate of drug-likeness (QED) is 0.657. The molecular formula is C23H34N6OS. The summed E-state index contributed by atoms with van der Waals surface area (Å²) in [5, 5.41) is 6.90. The van der Waals surface area contributed by atoms with Crippen LogP contribution in [0.2, 0.25) is 0 Å². The third-order valence-electron chi connectivity index (χ3n) is 6.22. The van der Waals surface area contributed by atoms with Crippen LogP contribution >= 0.6 is 12.2 Å². The molecule has 31 heavy (non-hydrogen) atoms. The number of hydrogen-bond acceptors (Lipinski definition) is 6. The number of anilines is 3. The highest BCUT2D eigenvalue weighted by molar-refractivity contribution is 7.80. The maximum Gasteiger partial charge on any atom is 0.232 e. The van der Waals surface area contributed by atoms with Crippen LogP contribution in [-0.2, 0) is 6.54 Å². The van der Waals surface area contributed by atoms with Crippen molar-refractivity contribution in [3.8, 4) is 0 Å². The molecule has 0 aliphatic carbocycles. The summed E-state index contributed by atoms with van der Waals surface area (Å²) < 4.78 is 5.61. The number of hydrogen-bond donors (Lipinski definition) is 2. The van der Waals surface area contributed by atoms with E-state index in [2.05, 4.69) is 40.3 Å². The van der Waals surface area contributed by atoms with E-state index in [1.54, 1.807) is 0 Å². The molecule has 2 aromatic rings. The Kier molecular flexibility index (Phi) is 6.95. The second-order valence-electron chi connectivity index (χ2n) is 8.96. The van der Waals surface area contributed by atoms with Crippen molar-refractivity contribution in [1.82, 2.24) is 15.3 Å². The zero-order chi connectivity index (χ0) is 21.8. The van der Waals surface area contributed by atoms with Crippen LogP contribution in [0.4, 0.5) is 17.6 Å². The average Bonchev–Trinajstić information content (AvgIpc) is 3.17. The number of furan rings is 1. The standard InChI is InChI=1S/C23H34N6OS/c1-16-7-6-11-28(15-16)20-13-21(29-12-5-4-8-17(29)2)26-22(25-20)27-23(31)24-14-19-10-9-18(3)30-19/h9-10,13,16-17H,4-8,11-12,14-15H2,1-3H3,(H2,24,25,26,27,31). The number of thiocarbonyl (C=S) groups is 1. The van der Waals surface area contributed by atoms with Crippen LogP contribution in [0.1, 0.15) is 57.5 Å². The topological polar surface area (TPSA) is 69.5 Å². The number of nitrogens with one attached hydrogen (secondary N) is 2. The highest BCUT2D eigenvalue weighted by Crippen LogP contribution is 2.29. The lowest BCUT2D eigenvalue weighted by atomic mass is 10.0. The predicted molar refractivity (Wildman–Crippen MR) is 130 cm³/mol. The van der Waals surface area contributed by atoms with Crippen molar-refractivity contribution in [3.05, 3.63) is 29.7 Å². The van der Waals surface area contributed by atoms with Gasteiger partial charge in [-0.1, -0.05) is 6.92 Å². The SMILES string of the molecule is Cc1ccc(CNC(=S)Nc2nc(N3CCCC(C)C3)cc(N3CCCCC3C)n2)o1. The van der Waals surface area contributed by atoms with Crippen molar-refractivity contribution in [2.75, 3.05) is 34.8 Å². The van der Waals surface area contributed by atoms with E-state index in [1.807, 2.05) is 19.1 Å². The Balaban J connectivity index is 1.52. The monoisotopic (exact) mass is 442 g/mol. The Hall–Kier alpha value is -2.35. The Labute approximate surface area is 190 Å². The molecule has 4 heterocycles. The second kappa shape index (κ2) is 9.85. The van der Waals surface area contributed by atoms with Gasteiger partial charge in [0.05, 0.1) is 6.54 Å². The van der Waals surface area contributed by atoms with Crippen molar-refractivity contribution in [2.24, 2.45) is 5.92 Å². The number of nitrogens with zero attached hydrogens (tertiary/aromatic N) is 4.